The van der Waals surface area contributed by atoms with Crippen molar-refractivity contribution in [1.29, 1.82) is 0 Å². The van der Waals surface area contributed by atoms with Crippen molar-refractivity contribution in [3.05, 3.63) is 30.1 Å². The van der Waals surface area contributed by atoms with Gasteiger partial charge in [0.05, 0.1) is 0 Å². The molecule has 1 saturated carbocycles. The van der Waals surface area contributed by atoms with Crippen LogP contribution in [0.2, 0.25) is 0 Å². The van der Waals surface area contributed by atoms with Gasteiger partial charge in [0, 0.05) is 30.9 Å². The van der Waals surface area contributed by atoms with Gasteiger partial charge >= 0.3 is 0 Å². The molecule has 2 N–H and O–H groups in total. The van der Waals surface area contributed by atoms with E-state index in [0.717, 1.165) is 25.4 Å². The maximum Gasteiger partial charge on any atom is 0.0416 e. The topological polar surface area (TPSA) is 42.1 Å². The molecule has 2 rings (SSSR count). The Hall–Kier alpha value is -0.930. The fraction of sp³-hybridized carbons (Fsp3) is 0.688. The van der Waals surface area contributed by atoms with Gasteiger partial charge in [-0.2, -0.15) is 0 Å². The summed E-state index contributed by atoms with van der Waals surface area (Å²) in [6.07, 6.45) is 6.82. The Labute approximate surface area is 117 Å². The minimum atomic E-state index is 0.650. The van der Waals surface area contributed by atoms with Gasteiger partial charge < -0.3 is 10.6 Å². The molecule has 0 saturated heterocycles. The lowest BCUT2D eigenvalue weighted by Gasteiger charge is -2.40. The van der Waals surface area contributed by atoms with Crippen LogP contribution in [-0.4, -0.2) is 36.1 Å². The highest BCUT2D eigenvalue weighted by atomic mass is 15.1. The summed E-state index contributed by atoms with van der Waals surface area (Å²) >= 11 is 0. The van der Waals surface area contributed by atoms with Gasteiger partial charge in [-0.3, -0.25) is 4.98 Å². The molecule has 1 aromatic heterocycles. The number of likely N-dealkylation sites (N-methyl/N-ethyl adjacent to an activating group) is 1. The highest BCUT2D eigenvalue weighted by Crippen LogP contribution is 2.31. The molecule has 1 aliphatic carbocycles. The van der Waals surface area contributed by atoms with Crippen molar-refractivity contribution in [3.8, 4) is 0 Å². The molecule has 3 heteroatoms. The van der Waals surface area contributed by atoms with Gasteiger partial charge in [-0.25, -0.2) is 0 Å². The van der Waals surface area contributed by atoms with Gasteiger partial charge in [-0.05, 0) is 50.4 Å². The Kier molecular flexibility index (Phi) is 5.34. The van der Waals surface area contributed by atoms with Crippen molar-refractivity contribution in [3.63, 3.8) is 0 Å². The van der Waals surface area contributed by atoms with Crippen LogP contribution in [-0.2, 0) is 6.42 Å². The number of nitrogens with zero attached hydrogens (tertiary/aromatic N) is 2. The van der Waals surface area contributed by atoms with Gasteiger partial charge in [0.15, 0.2) is 0 Å². The van der Waals surface area contributed by atoms with E-state index in [1.807, 2.05) is 12.3 Å². The number of pyridine rings is 1. The summed E-state index contributed by atoms with van der Waals surface area (Å²) in [7, 11) is 2.24. The third-order valence-corrected chi connectivity index (χ3v) is 4.53. The fourth-order valence-corrected chi connectivity index (χ4v) is 3.23. The molecule has 0 aliphatic heterocycles. The van der Waals surface area contributed by atoms with Gasteiger partial charge in [-0.1, -0.05) is 19.4 Å². The fourth-order valence-electron chi connectivity index (χ4n) is 3.23. The predicted octanol–water partition coefficient (Wildman–Crippen LogP) is 2.32. The second-order valence-corrected chi connectivity index (χ2v) is 6.03. The molecule has 0 aromatic carbocycles. The van der Waals surface area contributed by atoms with E-state index in [-0.39, 0.29) is 0 Å². The molecule has 0 bridgehead atoms. The van der Waals surface area contributed by atoms with Crippen molar-refractivity contribution in [1.82, 2.24) is 9.88 Å². The van der Waals surface area contributed by atoms with E-state index in [2.05, 4.69) is 36.0 Å². The normalized spacial score (nSPS) is 27.7. The lowest BCUT2D eigenvalue weighted by molar-refractivity contribution is 0.109. The monoisotopic (exact) mass is 261 g/mol. The molecule has 1 fully saturated rings. The zero-order chi connectivity index (χ0) is 13.7. The van der Waals surface area contributed by atoms with Crippen LogP contribution in [0.3, 0.4) is 0 Å². The van der Waals surface area contributed by atoms with Crippen molar-refractivity contribution < 1.29 is 0 Å². The van der Waals surface area contributed by atoms with Gasteiger partial charge in [-0.15, -0.1) is 0 Å². The summed E-state index contributed by atoms with van der Waals surface area (Å²) in [4.78, 5) is 6.90. The number of hydrogen-bond donors (Lipinski definition) is 1. The summed E-state index contributed by atoms with van der Waals surface area (Å²) in [5.41, 5.74) is 7.13. The Morgan fingerprint density at radius 1 is 1.37 bits per heavy atom. The first-order valence-electron chi connectivity index (χ1n) is 7.51. The molecule has 3 nitrogen and oxygen atoms in total. The Balaban J connectivity index is 1.88. The quantitative estimate of drug-likeness (QED) is 0.884. The van der Waals surface area contributed by atoms with Crippen LogP contribution in [0.5, 0.6) is 0 Å². The molecule has 1 heterocycles. The number of rotatable bonds is 5. The van der Waals surface area contributed by atoms with E-state index in [4.69, 9.17) is 5.73 Å². The maximum atomic E-state index is 5.95. The Bertz CT molecular complexity index is 366. The third-order valence-electron chi connectivity index (χ3n) is 4.53. The van der Waals surface area contributed by atoms with Crippen LogP contribution in [0, 0.1) is 11.8 Å². The smallest absolute Gasteiger partial charge is 0.0416 e. The van der Waals surface area contributed by atoms with E-state index in [1.165, 1.54) is 25.0 Å². The standard InChI is InChI=1S/C16H27N3/c1-13-6-7-14(12-17)16(11-13)19(2)10-8-15-5-3-4-9-18-15/h3-5,9,13-14,16H,6-8,10-12,17H2,1-2H3. The van der Waals surface area contributed by atoms with E-state index in [0.29, 0.717) is 12.0 Å². The van der Waals surface area contributed by atoms with Crippen molar-refractivity contribution >= 4 is 0 Å². The van der Waals surface area contributed by atoms with E-state index in [9.17, 15) is 0 Å². The minimum absolute atomic E-state index is 0.650. The average molecular weight is 261 g/mol. The first-order valence-corrected chi connectivity index (χ1v) is 7.51. The van der Waals surface area contributed by atoms with Crippen LogP contribution in [0.4, 0.5) is 0 Å². The molecule has 0 radical (unpaired) electrons. The molecule has 1 aromatic rings. The first-order chi connectivity index (χ1) is 9.20. The summed E-state index contributed by atoms with van der Waals surface area (Å²) in [5.74, 6) is 1.51. The molecule has 106 valence electrons. The third kappa shape index (κ3) is 4.02. The molecule has 19 heavy (non-hydrogen) atoms. The lowest BCUT2D eigenvalue weighted by Crippen LogP contribution is -2.45. The van der Waals surface area contributed by atoms with E-state index < -0.39 is 0 Å². The summed E-state index contributed by atoms with van der Waals surface area (Å²) in [6.45, 7) is 4.27. The second-order valence-electron chi connectivity index (χ2n) is 6.03. The lowest BCUT2D eigenvalue weighted by atomic mass is 9.78. The molecule has 1 aliphatic rings. The second kappa shape index (κ2) is 7.01. The van der Waals surface area contributed by atoms with Crippen LogP contribution < -0.4 is 5.73 Å². The van der Waals surface area contributed by atoms with Crippen molar-refractivity contribution in [2.75, 3.05) is 20.1 Å². The van der Waals surface area contributed by atoms with Gasteiger partial charge in [0.2, 0.25) is 0 Å². The Morgan fingerprint density at radius 2 is 2.21 bits per heavy atom. The zero-order valence-corrected chi connectivity index (χ0v) is 12.3. The summed E-state index contributed by atoms with van der Waals surface area (Å²) in [5, 5.41) is 0. The summed E-state index contributed by atoms with van der Waals surface area (Å²) in [6, 6.07) is 6.80. The summed E-state index contributed by atoms with van der Waals surface area (Å²) < 4.78 is 0. The van der Waals surface area contributed by atoms with E-state index in [1.54, 1.807) is 0 Å². The number of hydrogen-bond acceptors (Lipinski definition) is 3. The zero-order valence-electron chi connectivity index (χ0n) is 12.3. The highest BCUT2D eigenvalue weighted by Gasteiger charge is 2.30. The Morgan fingerprint density at radius 3 is 2.89 bits per heavy atom. The van der Waals surface area contributed by atoms with Crippen LogP contribution in [0.15, 0.2) is 24.4 Å². The maximum absolute atomic E-state index is 5.95. The molecule has 0 spiro atoms. The average Bonchev–Trinajstić information content (AvgIpc) is 2.46. The molecule has 3 atom stereocenters. The van der Waals surface area contributed by atoms with Crippen LogP contribution >= 0.6 is 0 Å². The minimum Gasteiger partial charge on any atom is -0.330 e. The van der Waals surface area contributed by atoms with E-state index >= 15 is 0 Å². The molecule has 3 unspecified atom stereocenters. The molecular weight excluding hydrogens is 234 g/mol. The van der Waals surface area contributed by atoms with Crippen LogP contribution in [0.1, 0.15) is 31.9 Å². The van der Waals surface area contributed by atoms with Crippen LogP contribution in [0.25, 0.3) is 0 Å². The number of nitrogens with two attached hydrogens (primary N) is 1. The molecule has 0 amide bonds. The van der Waals surface area contributed by atoms with Gasteiger partial charge in [0.1, 0.15) is 0 Å². The highest BCUT2D eigenvalue weighted by molar-refractivity contribution is 5.04. The van der Waals surface area contributed by atoms with Gasteiger partial charge in [0.25, 0.3) is 0 Å². The largest absolute Gasteiger partial charge is 0.330 e. The van der Waals surface area contributed by atoms with Crippen molar-refractivity contribution in [2.45, 2.75) is 38.6 Å². The van der Waals surface area contributed by atoms with Crippen molar-refractivity contribution in [2.24, 2.45) is 17.6 Å². The number of aromatic nitrogens is 1. The first kappa shape index (κ1) is 14.5. The molecular formula is C16H27N3. The predicted molar refractivity (Wildman–Crippen MR) is 79.9 cm³/mol. The SMILES string of the molecule is CC1CCC(CN)C(N(C)CCc2ccccn2)C1.